The molecule has 1 saturated heterocycles. The SMILES string of the molecule is CC(=O)OC[C@H]1C[C@H](OC(=O)c2ccccc2)[C@@H](OC(=O)c2ccccc2)[C@H](OC2=C(O)[C@@H](COC(=O)c3ccccc3)O[C@@H]2COC(=O)c2ccccc2)O1. The Morgan fingerprint density at radius 3 is 1.50 bits per heavy atom. The molecule has 56 heavy (non-hydrogen) atoms. The van der Waals surface area contributed by atoms with Crippen molar-refractivity contribution in [3.63, 3.8) is 0 Å². The van der Waals surface area contributed by atoms with Crippen LogP contribution in [0.4, 0.5) is 0 Å². The Hall–Kier alpha value is -6.51. The maximum atomic E-state index is 13.5. The van der Waals surface area contributed by atoms with E-state index in [1.807, 2.05) is 0 Å². The fourth-order valence-corrected chi connectivity index (χ4v) is 5.86. The quantitative estimate of drug-likeness (QED) is 0.128. The fourth-order valence-electron chi connectivity index (χ4n) is 5.86. The summed E-state index contributed by atoms with van der Waals surface area (Å²) < 4.78 is 46.5. The molecule has 2 heterocycles. The highest BCUT2D eigenvalue weighted by Crippen LogP contribution is 2.34. The van der Waals surface area contributed by atoms with Gasteiger partial charge in [0, 0.05) is 13.3 Å². The monoisotopic (exact) mass is 766 g/mol. The van der Waals surface area contributed by atoms with E-state index in [4.69, 9.17) is 37.9 Å². The molecule has 4 aromatic rings. The van der Waals surface area contributed by atoms with Crippen LogP contribution in [0.25, 0.3) is 0 Å². The number of carbonyl (C=O) groups excluding carboxylic acids is 5. The van der Waals surface area contributed by atoms with Gasteiger partial charge in [-0.05, 0) is 48.5 Å². The average molecular weight is 767 g/mol. The van der Waals surface area contributed by atoms with Crippen LogP contribution < -0.4 is 0 Å². The van der Waals surface area contributed by atoms with Gasteiger partial charge in [-0.1, -0.05) is 72.8 Å². The lowest BCUT2D eigenvalue weighted by atomic mass is 10.0. The summed E-state index contributed by atoms with van der Waals surface area (Å²) >= 11 is 0. The molecule has 0 aliphatic carbocycles. The van der Waals surface area contributed by atoms with Crippen LogP contribution in [0.1, 0.15) is 54.8 Å². The second-order valence-electron chi connectivity index (χ2n) is 12.6. The Morgan fingerprint density at radius 2 is 1.02 bits per heavy atom. The lowest BCUT2D eigenvalue weighted by molar-refractivity contribution is -0.262. The van der Waals surface area contributed by atoms with Crippen LogP contribution in [0, 0.1) is 0 Å². The van der Waals surface area contributed by atoms with Gasteiger partial charge >= 0.3 is 29.8 Å². The van der Waals surface area contributed by atoms with E-state index < -0.39 is 85.6 Å². The zero-order valence-electron chi connectivity index (χ0n) is 30.1. The van der Waals surface area contributed by atoms with Gasteiger partial charge < -0.3 is 43.0 Å². The van der Waals surface area contributed by atoms with Crippen molar-refractivity contribution in [1.29, 1.82) is 0 Å². The summed E-state index contributed by atoms with van der Waals surface area (Å²) in [5, 5.41) is 11.5. The van der Waals surface area contributed by atoms with Gasteiger partial charge in [-0.2, -0.15) is 0 Å². The molecule has 1 N–H and O–H groups in total. The van der Waals surface area contributed by atoms with E-state index in [1.165, 1.54) is 19.1 Å². The number of hydrogen-bond acceptors (Lipinski definition) is 14. The molecule has 0 aromatic heterocycles. The van der Waals surface area contributed by atoms with Crippen LogP contribution in [-0.2, 0) is 42.7 Å². The number of esters is 5. The fraction of sp³-hybridized carbons (Fsp3) is 0.262. The molecule has 0 spiro atoms. The first kappa shape index (κ1) is 39.2. The van der Waals surface area contributed by atoms with Crippen molar-refractivity contribution in [1.82, 2.24) is 0 Å². The molecule has 290 valence electrons. The summed E-state index contributed by atoms with van der Waals surface area (Å²) in [5.74, 6) is -4.41. The molecule has 0 unspecified atom stereocenters. The van der Waals surface area contributed by atoms with Crippen LogP contribution in [0.15, 0.2) is 133 Å². The first-order valence-corrected chi connectivity index (χ1v) is 17.7. The van der Waals surface area contributed by atoms with Crippen molar-refractivity contribution in [2.75, 3.05) is 19.8 Å². The Labute approximate surface area is 321 Å². The average Bonchev–Trinajstić information content (AvgIpc) is 3.53. The second kappa shape index (κ2) is 18.7. The highest BCUT2D eigenvalue weighted by atomic mass is 16.7. The van der Waals surface area contributed by atoms with Gasteiger partial charge in [0.2, 0.25) is 12.4 Å². The Morgan fingerprint density at radius 1 is 0.571 bits per heavy atom. The summed E-state index contributed by atoms with van der Waals surface area (Å²) in [6, 6.07) is 32.4. The second-order valence-corrected chi connectivity index (χ2v) is 12.6. The number of hydrogen-bond donors (Lipinski definition) is 1. The molecule has 14 heteroatoms. The standard InChI is InChI=1S/C42H38O14/c1-26(43)49-23-31-22-32(54-40(47)29-18-10-4-11-19-29)37(55-41(48)30-20-12-5-13-21-30)42(52-31)56-36-34(25-51-39(46)28-16-8-3-9-17-28)53-33(35(36)44)24-50-38(45)27-14-6-2-7-15-27/h2-21,31-34,37,42,44H,22-25H2,1H3/t31-,32+,33-,34-,37-,42+/m1/s1. The molecule has 6 rings (SSSR count). The molecule has 14 nitrogen and oxygen atoms in total. The van der Waals surface area contributed by atoms with E-state index in [2.05, 4.69) is 0 Å². The minimum Gasteiger partial charge on any atom is -0.506 e. The lowest BCUT2D eigenvalue weighted by Gasteiger charge is -2.40. The highest BCUT2D eigenvalue weighted by Gasteiger charge is 2.49. The number of rotatable bonds is 14. The summed E-state index contributed by atoms with van der Waals surface area (Å²) in [7, 11) is 0. The number of aliphatic hydroxyl groups is 1. The van der Waals surface area contributed by atoms with Crippen molar-refractivity contribution in [3.8, 4) is 0 Å². The van der Waals surface area contributed by atoms with Crippen molar-refractivity contribution in [3.05, 3.63) is 155 Å². The van der Waals surface area contributed by atoms with Crippen LogP contribution in [0.3, 0.4) is 0 Å². The van der Waals surface area contributed by atoms with Crippen LogP contribution in [-0.4, -0.2) is 91.6 Å². The van der Waals surface area contributed by atoms with E-state index in [9.17, 15) is 29.1 Å². The summed E-state index contributed by atoms with van der Waals surface area (Å²) in [4.78, 5) is 64.4. The third kappa shape index (κ3) is 10.2. The largest absolute Gasteiger partial charge is 0.506 e. The van der Waals surface area contributed by atoms with E-state index in [0.29, 0.717) is 0 Å². The van der Waals surface area contributed by atoms with Gasteiger partial charge in [0.1, 0.15) is 25.9 Å². The van der Waals surface area contributed by atoms with E-state index in [0.717, 1.165) is 0 Å². The van der Waals surface area contributed by atoms with E-state index in [-0.39, 0.29) is 41.0 Å². The Balaban J connectivity index is 1.31. The predicted octanol–water partition coefficient (Wildman–Crippen LogP) is 5.38. The van der Waals surface area contributed by atoms with Gasteiger partial charge in [-0.25, -0.2) is 19.2 Å². The van der Waals surface area contributed by atoms with Crippen LogP contribution in [0.5, 0.6) is 0 Å². The molecule has 2 aliphatic rings. The van der Waals surface area contributed by atoms with Gasteiger partial charge in [0.25, 0.3) is 0 Å². The molecule has 1 fully saturated rings. The molecule has 0 bridgehead atoms. The van der Waals surface area contributed by atoms with Gasteiger partial charge in [0.15, 0.2) is 23.7 Å². The smallest absolute Gasteiger partial charge is 0.338 e. The predicted molar refractivity (Wildman–Crippen MR) is 194 cm³/mol. The number of aliphatic hydroxyl groups excluding tert-OH is 1. The van der Waals surface area contributed by atoms with Gasteiger partial charge in [-0.3, -0.25) is 4.79 Å². The zero-order valence-corrected chi connectivity index (χ0v) is 30.1. The topological polar surface area (TPSA) is 179 Å². The van der Waals surface area contributed by atoms with E-state index >= 15 is 0 Å². The lowest BCUT2D eigenvalue weighted by Crippen LogP contribution is -2.54. The van der Waals surface area contributed by atoms with Crippen molar-refractivity contribution in [2.24, 2.45) is 0 Å². The molecular weight excluding hydrogens is 728 g/mol. The third-order valence-electron chi connectivity index (χ3n) is 8.62. The maximum Gasteiger partial charge on any atom is 0.338 e. The third-order valence-corrected chi connectivity index (χ3v) is 8.62. The molecule has 0 radical (unpaired) electrons. The first-order valence-electron chi connectivity index (χ1n) is 17.7. The summed E-state index contributed by atoms with van der Waals surface area (Å²) in [6.07, 6.45) is -8.01. The summed E-state index contributed by atoms with van der Waals surface area (Å²) in [5.41, 5.74) is 0.874. The molecule has 0 amide bonds. The minimum atomic E-state index is -1.63. The zero-order chi connectivity index (χ0) is 39.4. The molecule has 2 aliphatic heterocycles. The molecule has 6 atom stereocenters. The number of benzene rings is 4. The normalized spacial score (nSPS) is 21.7. The molecule has 0 saturated carbocycles. The summed E-state index contributed by atoms with van der Waals surface area (Å²) in [6.45, 7) is -0.0504. The Bertz CT molecular complexity index is 2000. The maximum absolute atomic E-state index is 13.5. The molecular formula is C42H38O14. The van der Waals surface area contributed by atoms with Crippen molar-refractivity contribution in [2.45, 2.75) is 50.2 Å². The number of ether oxygens (including phenoxy) is 8. The van der Waals surface area contributed by atoms with Gasteiger partial charge in [-0.15, -0.1) is 0 Å². The minimum absolute atomic E-state index is 0.101. The highest BCUT2D eigenvalue weighted by molar-refractivity contribution is 5.91. The van der Waals surface area contributed by atoms with Gasteiger partial charge in [0.05, 0.1) is 28.4 Å². The Kier molecular flexibility index (Phi) is 13.1. The van der Waals surface area contributed by atoms with E-state index in [1.54, 1.807) is 109 Å². The number of carbonyl (C=O) groups is 5. The van der Waals surface area contributed by atoms with Crippen LogP contribution >= 0.6 is 0 Å². The van der Waals surface area contributed by atoms with Crippen molar-refractivity contribution < 1.29 is 67.0 Å². The molecule has 4 aromatic carbocycles. The van der Waals surface area contributed by atoms with Crippen LogP contribution in [0.2, 0.25) is 0 Å². The first-order chi connectivity index (χ1) is 27.2. The van der Waals surface area contributed by atoms with Crippen molar-refractivity contribution >= 4 is 29.8 Å².